The van der Waals surface area contributed by atoms with Crippen LogP contribution < -0.4 is 9.47 Å². The summed E-state index contributed by atoms with van der Waals surface area (Å²) in [6.07, 6.45) is 0. The maximum Gasteiger partial charge on any atom is 0.308 e. The second kappa shape index (κ2) is 5.32. The molecule has 0 atom stereocenters. The lowest BCUT2D eigenvalue weighted by Gasteiger charge is -2.10. The molecule has 1 aromatic rings. The Balaban J connectivity index is 2.38. The molecule has 0 aromatic heterocycles. The highest BCUT2D eigenvalue weighted by Gasteiger charge is 2.24. The Morgan fingerprint density at radius 3 is 1.60 bits per heavy atom. The van der Waals surface area contributed by atoms with Crippen LogP contribution in [-0.4, -0.2) is 22.7 Å². The van der Waals surface area contributed by atoms with E-state index in [0.29, 0.717) is 13.1 Å². The summed E-state index contributed by atoms with van der Waals surface area (Å²) >= 11 is 0. The lowest BCUT2D eigenvalue weighted by atomic mass is 10.1. The largest absolute Gasteiger partial charge is 0.423 e. The average molecular weight is 277 g/mol. The molecule has 0 saturated carbocycles. The fourth-order valence-corrected chi connectivity index (χ4v) is 2.10. The zero-order valence-corrected chi connectivity index (χ0v) is 11.6. The standard InChI is InChI=1S/C14H15NO5/c1-8(16)15-6-11-4-13(19-9(2)17)14(20-10(3)18)5-12(11)7-15/h4-5H,6-7H2,1-3H3. The topological polar surface area (TPSA) is 72.9 Å². The SMILES string of the molecule is CC(=O)Oc1cc2c(cc1OC(C)=O)CN(C(C)=O)C2. The number of fused-ring (bicyclic) bond motifs is 1. The van der Waals surface area contributed by atoms with Crippen molar-refractivity contribution in [1.29, 1.82) is 0 Å². The van der Waals surface area contributed by atoms with Crippen LogP contribution in [0.1, 0.15) is 31.9 Å². The summed E-state index contributed by atoms with van der Waals surface area (Å²) in [7, 11) is 0. The number of hydrogen-bond donors (Lipinski definition) is 0. The molecule has 20 heavy (non-hydrogen) atoms. The minimum atomic E-state index is -0.500. The van der Waals surface area contributed by atoms with Crippen molar-refractivity contribution in [3.8, 4) is 11.5 Å². The van der Waals surface area contributed by atoms with Gasteiger partial charge in [-0.05, 0) is 23.3 Å². The van der Waals surface area contributed by atoms with Crippen LogP contribution in [0.3, 0.4) is 0 Å². The van der Waals surface area contributed by atoms with E-state index in [1.165, 1.54) is 20.8 Å². The monoisotopic (exact) mass is 277 g/mol. The normalized spacial score (nSPS) is 12.8. The summed E-state index contributed by atoms with van der Waals surface area (Å²) in [4.78, 5) is 35.2. The van der Waals surface area contributed by atoms with Crippen LogP contribution in [0, 0.1) is 0 Å². The van der Waals surface area contributed by atoms with Crippen LogP contribution in [0.25, 0.3) is 0 Å². The first-order valence-electron chi connectivity index (χ1n) is 6.15. The van der Waals surface area contributed by atoms with Crippen LogP contribution in [0.2, 0.25) is 0 Å². The van der Waals surface area contributed by atoms with E-state index in [0.717, 1.165) is 11.1 Å². The van der Waals surface area contributed by atoms with Gasteiger partial charge >= 0.3 is 11.9 Å². The van der Waals surface area contributed by atoms with Gasteiger partial charge in [0.25, 0.3) is 0 Å². The number of esters is 2. The van der Waals surface area contributed by atoms with Crippen molar-refractivity contribution < 1.29 is 23.9 Å². The van der Waals surface area contributed by atoms with Gasteiger partial charge in [0.2, 0.25) is 5.91 Å². The van der Waals surface area contributed by atoms with E-state index >= 15 is 0 Å². The zero-order chi connectivity index (χ0) is 14.9. The minimum Gasteiger partial charge on any atom is -0.423 e. The van der Waals surface area contributed by atoms with Gasteiger partial charge in [0.05, 0.1) is 0 Å². The predicted molar refractivity (Wildman–Crippen MR) is 69.0 cm³/mol. The molecule has 6 nitrogen and oxygen atoms in total. The number of carbonyl (C=O) groups is 3. The van der Waals surface area contributed by atoms with Crippen molar-refractivity contribution in [2.75, 3.05) is 0 Å². The molecule has 1 aliphatic heterocycles. The lowest BCUT2D eigenvalue weighted by Crippen LogP contribution is -2.21. The Kier molecular flexibility index (Phi) is 3.74. The van der Waals surface area contributed by atoms with Gasteiger partial charge in [0.1, 0.15) is 0 Å². The second-order valence-electron chi connectivity index (χ2n) is 4.63. The van der Waals surface area contributed by atoms with E-state index < -0.39 is 11.9 Å². The van der Waals surface area contributed by atoms with Crippen molar-refractivity contribution in [3.05, 3.63) is 23.3 Å². The van der Waals surface area contributed by atoms with Crippen molar-refractivity contribution in [3.63, 3.8) is 0 Å². The highest BCUT2D eigenvalue weighted by atomic mass is 16.6. The zero-order valence-electron chi connectivity index (χ0n) is 11.6. The molecule has 0 saturated heterocycles. The summed E-state index contributed by atoms with van der Waals surface area (Å²) in [5, 5.41) is 0. The summed E-state index contributed by atoms with van der Waals surface area (Å²) in [6.45, 7) is 4.95. The van der Waals surface area contributed by atoms with E-state index in [4.69, 9.17) is 9.47 Å². The van der Waals surface area contributed by atoms with Gasteiger partial charge in [0, 0.05) is 33.9 Å². The fraction of sp³-hybridized carbons (Fsp3) is 0.357. The molecular formula is C14H15NO5. The summed E-state index contributed by atoms with van der Waals surface area (Å²) < 4.78 is 10.1. The van der Waals surface area contributed by atoms with Gasteiger partial charge in [-0.2, -0.15) is 0 Å². The van der Waals surface area contributed by atoms with E-state index in [9.17, 15) is 14.4 Å². The molecule has 6 heteroatoms. The summed E-state index contributed by atoms with van der Waals surface area (Å²) in [5.74, 6) is -0.655. The molecule has 2 rings (SSSR count). The van der Waals surface area contributed by atoms with Gasteiger partial charge in [-0.15, -0.1) is 0 Å². The average Bonchev–Trinajstić information content (AvgIpc) is 2.70. The van der Waals surface area contributed by atoms with Crippen LogP contribution >= 0.6 is 0 Å². The van der Waals surface area contributed by atoms with E-state index in [1.807, 2.05) is 0 Å². The molecule has 1 aromatic carbocycles. The van der Waals surface area contributed by atoms with Crippen LogP contribution in [0.15, 0.2) is 12.1 Å². The number of amides is 1. The molecular weight excluding hydrogens is 262 g/mol. The molecule has 1 heterocycles. The van der Waals surface area contributed by atoms with E-state index in [1.54, 1.807) is 17.0 Å². The number of ether oxygens (including phenoxy) is 2. The Bertz CT molecular complexity index is 548. The summed E-state index contributed by atoms with van der Waals surface area (Å²) in [6, 6.07) is 3.27. The van der Waals surface area contributed by atoms with Gasteiger partial charge in [-0.25, -0.2) is 0 Å². The first-order valence-corrected chi connectivity index (χ1v) is 6.15. The Labute approximate surface area is 116 Å². The first-order chi connectivity index (χ1) is 9.36. The van der Waals surface area contributed by atoms with E-state index in [2.05, 4.69) is 0 Å². The van der Waals surface area contributed by atoms with Crippen LogP contribution in [0.4, 0.5) is 0 Å². The van der Waals surface area contributed by atoms with Crippen molar-refractivity contribution >= 4 is 17.8 Å². The molecule has 0 radical (unpaired) electrons. The molecule has 0 fully saturated rings. The lowest BCUT2D eigenvalue weighted by molar-refractivity contribution is -0.134. The van der Waals surface area contributed by atoms with Crippen molar-refractivity contribution in [2.24, 2.45) is 0 Å². The maximum absolute atomic E-state index is 11.4. The Morgan fingerprint density at radius 1 is 0.900 bits per heavy atom. The number of rotatable bonds is 2. The van der Waals surface area contributed by atoms with Crippen LogP contribution in [-0.2, 0) is 27.5 Å². The molecule has 106 valence electrons. The molecule has 0 bridgehead atoms. The number of nitrogens with zero attached hydrogens (tertiary/aromatic N) is 1. The number of benzene rings is 1. The molecule has 1 amide bonds. The second-order valence-corrected chi connectivity index (χ2v) is 4.63. The molecule has 0 unspecified atom stereocenters. The predicted octanol–water partition coefficient (Wildman–Crippen LogP) is 1.40. The maximum atomic E-state index is 11.4. The third-order valence-electron chi connectivity index (χ3n) is 2.94. The third-order valence-corrected chi connectivity index (χ3v) is 2.94. The smallest absolute Gasteiger partial charge is 0.308 e. The number of hydrogen-bond acceptors (Lipinski definition) is 5. The van der Waals surface area contributed by atoms with Crippen molar-refractivity contribution in [1.82, 2.24) is 4.90 Å². The highest BCUT2D eigenvalue weighted by Crippen LogP contribution is 2.35. The molecule has 0 N–H and O–H groups in total. The molecule has 0 aliphatic carbocycles. The van der Waals surface area contributed by atoms with Gasteiger partial charge in [-0.1, -0.05) is 0 Å². The molecule has 1 aliphatic rings. The van der Waals surface area contributed by atoms with Gasteiger partial charge in [0.15, 0.2) is 11.5 Å². The highest BCUT2D eigenvalue weighted by molar-refractivity contribution is 5.76. The fourth-order valence-electron chi connectivity index (χ4n) is 2.10. The first kappa shape index (κ1) is 14.0. The van der Waals surface area contributed by atoms with E-state index in [-0.39, 0.29) is 17.4 Å². The van der Waals surface area contributed by atoms with Crippen LogP contribution in [0.5, 0.6) is 11.5 Å². The quantitative estimate of drug-likeness (QED) is 0.603. The Hall–Kier alpha value is -2.37. The minimum absolute atomic E-state index is 0.0377. The number of carbonyl (C=O) groups excluding carboxylic acids is 3. The molecule has 0 spiro atoms. The third kappa shape index (κ3) is 2.96. The van der Waals surface area contributed by atoms with Gasteiger partial charge in [-0.3, -0.25) is 14.4 Å². The Morgan fingerprint density at radius 2 is 1.30 bits per heavy atom. The van der Waals surface area contributed by atoms with Crippen molar-refractivity contribution in [2.45, 2.75) is 33.9 Å². The summed E-state index contributed by atoms with van der Waals surface area (Å²) in [5.41, 5.74) is 1.76. The van der Waals surface area contributed by atoms with Gasteiger partial charge < -0.3 is 14.4 Å².